The predicted octanol–water partition coefficient (Wildman–Crippen LogP) is 3.45. The van der Waals surface area contributed by atoms with Crippen molar-refractivity contribution in [2.75, 3.05) is 19.7 Å². The van der Waals surface area contributed by atoms with Gasteiger partial charge in [-0.3, -0.25) is 0 Å². The predicted molar refractivity (Wildman–Crippen MR) is 120 cm³/mol. The molecule has 0 aliphatic carbocycles. The van der Waals surface area contributed by atoms with Gasteiger partial charge >= 0.3 is 0 Å². The number of aliphatic imine (C=N–C) groups is 1. The second-order valence-corrected chi connectivity index (χ2v) is 7.63. The van der Waals surface area contributed by atoms with Crippen molar-refractivity contribution >= 4 is 5.96 Å². The summed E-state index contributed by atoms with van der Waals surface area (Å²) in [6, 6.07) is 4.20. The van der Waals surface area contributed by atoms with Crippen LogP contribution in [0.15, 0.2) is 29.5 Å². The van der Waals surface area contributed by atoms with Gasteiger partial charge in [0.25, 0.3) is 0 Å². The van der Waals surface area contributed by atoms with Crippen LogP contribution in [0.2, 0.25) is 0 Å². The maximum Gasteiger partial charge on any atom is 0.191 e. The molecule has 2 heterocycles. The van der Waals surface area contributed by atoms with Gasteiger partial charge in [-0.2, -0.15) is 0 Å². The molecule has 0 bridgehead atoms. The van der Waals surface area contributed by atoms with Crippen molar-refractivity contribution in [1.29, 1.82) is 0 Å². The smallest absolute Gasteiger partial charge is 0.191 e. The van der Waals surface area contributed by atoms with E-state index in [0.29, 0.717) is 13.2 Å². The normalized spacial score (nSPS) is 15.6. The van der Waals surface area contributed by atoms with Crippen LogP contribution >= 0.6 is 0 Å². The Balaban J connectivity index is 1.56. The number of imidazole rings is 1. The summed E-state index contributed by atoms with van der Waals surface area (Å²) in [7, 11) is 0. The molecule has 164 valence electrons. The number of unbranched alkanes of at least 4 members (excludes halogenated alkanes) is 1. The highest BCUT2D eigenvalue weighted by molar-refractivity contribution is 5.79. The molecule has 7 heteroatoms. The lowest BCUT2D eigenvalue weighted by Gasteiger charge is -2.14. The van der Waals surface area contributed by atoms with E-state index in [-0.39, 0.29) is 6.10 Å². The van der Waals surface area contributed by atoms with Crippen LogP contribution in [0.3, 0.4) is 0 Å². The van der Waals surface area contributed by atoms with Crippen LogP contribution < -0.4 is 20.1 Å². The fraction of sp³-hybridized carbons (Fsp3) is 0.565. The maximum absolute atomic E-state index is 5.92. The van der Waals surface area contributed by atoms with E-state index in [1.54, 1.807) is 0 Å². The first-order valence-corrected chi connectivity index (χ1v) is 11.1. The minimum atomic E-state index is 0.221. The summed E-state index contributed by atoms with van der Waals surface area (Å²) in [6.45, 7) is 12.1. The van der Waals surface area contributed by atoms with Crippen LogP contribution in [0.4, 0.5) is 0 Å². The van der Waals surface area contributed by atoms with Gasteiger partial charge < -0.3 is 24.7 Å². The first-order chi connectivity index (χ1) is 14.6. The fourth-order valence-corrected chi connectivity index (χ4v) is 3.65. The second kappa shape index (κ2) is 10.9. The van der Waals surface area contributed by atoms with Gasteiger partial charge in [0.15, 0.2) is 5.96 Å². The summed E-state index contributed by atoms with van der Waals surface area (Å²) in [5, 5.41) is 6.77. The molecule has 1 aliphatic heterocycles. The number of hydrogen-bond acceptors (Lipinski definition) is 4. The molecule has 2 aromatic rings. The van der Waals surface area contributed by atoms with Crippen LogP contribution in [0.5, 0.6) is 11.5 Å². The van der Waals surface area contributed by atoms with Crippen molar-refractivity contribution in [1.82, 2.24) is 20.2 Å². The van der Waals surface area contributed by atoms with Gasteiger partial charge in [0.05, 0.1) is 13.2 Å². The zero-order valence-corrected chi connectivity index (χ0v) is 18.7. The van der Waals surface area contributed by atoms with Crippen LogP contribution in [0, 0.1) is 6.92 Å². The lowest BCUT2D eigenvalue weighted by molar-refractivity contribution is 0.254. The van der Waals surface area contributed by atoms with Crippen molar-refractivity contribution in [3.63, 3.8) is 0 Å². The molecular formula is C23H35N5O2. The number of nitrogens with one attached hydrogen (secondary N) is 2. The van der Waals surface area contributed by atoms with E-state index in [2.05, 4.69) is 46.2 Å². The number of aryl methyl sites for hydroxylation is 2. The van der Waals surface area contributed by atoms with Crippen LogP contribution in [-0.4, -0.2) is 41.3 Å². The highest BCUT2D eigenvalue weighted by Crippen LogP contribution is 2.35. The SMILES string of the molecule is CCNC(=NCc1cc2c(cc1OCC)CC(C)O2)NCCCCn1ccnc1C. The third-order valence-corrected chi connectivity index (χ3v) is 5.17. The van der Waals surface area contributed by atoms with E-state index in [1.165, 1.54) is 5.56 Å². The average molecular weight is 414 g/mol. The zero-order chi connectivity index (χ0) is 21.3. The molecule has 1 aromatic heterocycles. The highest BCUT2D eigenvalue weighted by Gasteiger charge is 2.21. The van der Waals surface area contributed by atoms with Crippen LogP contribution in [0.25, 0.3) is 0 Å². The number of fused-ring (bicyclic) bond motifs is 1. The Kier molecular flexibility index (Phi) is 7.99. The summed E-state index contributed by atoms with van der Waals surface area (Å²) < 4.78 is 14.0. The molecule has 0 saturated carbocycles. The Morgan fingerprint density at radius 2 is 2.17 bits per heavy atom. The van der Waals surface area contributed by atoms with E-state index in [0.717, 1.165) is 67.7 Å². The fourth-order valence-electron chi connectivity index (χ4n) is 3.65. The monoisotopic (exact) mass is 413 g/mol. The largest absolute Gasteiger partial charge is 0.494 e. The number of nitrogens with zero attached hydrogens (tertiary/aromatic N) is 3. The second-order valence-electron chi connectivity index (χ2n) is 7.63. The Morgan fingerprint density at radius 1 is 1.30 bits per heavy atom. The van der Waals surface area contributed by atoms with Crippen molar-refractivity contribution in [2.24, 2.45) is 4.99 Å². The van der Waals surface area contributed by atoms with Crippen molar-refractivity contribution < 1.29 is 9.47 Å². The highest BCUT2D eigenvalue weighted by atomic mass is 16.5. The number of hydrogen-bond donors (Lipinski definition) is 2. The van der Waals surface area contributed by atoms with Crippen LogP contribution in [-0.2, 0) is 19.5 Å². The first kappa shape index (κ1) is 22.0. The maximum atomic E-state index is 5.92. The Labute approximate surface area is 179 Å². The Hall–Kier alpha value is -2.70. The lowest BCUT2D eigenvalue weighted by Crippen LogP contribution is -2.37. The molecule has 0 spiro atoms. The van der Waals surface area contributed by atoms with Crippen molar-refractivity contribution in [3.8, 4) is 11.5 Å². The molecule has 1 aromatic carbocycles. The van der Waals surface area contributed by atoms with E-state index in [1.807, 2.05) is 26.2 Å². The summed E-state index contributed by atoms with van der Waals surface area (Å²) in [5.41, 5.74) is 2.27. The van der Waals surface area contributed by atoms with E-state index in [4.69, 9.17) is 14.5 Å². The molecule has 1 unspecified atom stereocenters. The zero-order valence-electron chi connectivity index (χ0n) is 18.7. The number of ether oxygens (including phenoxy) is 2. The number of guanidine groups is 1. The van der Waals surface area contributed by atoms with Gasteiger partial charge in [-0.05, 0) is 52.7 Å². The van der Waals surface area contributed by atoms with Gasteiger partial charge in [0.1, 0.15) is 23.4 Å². The molecule has 30 heavy (non-hydrogen) atoms. The third kappa shape index (κ3) is 5.90. The standard InChI is InChI=1S/C23H35N5O2/c1-5-24-23(26-9-7-8-11-28-12-10-25-18(28)4)27-16-20-15-22-19(13-17(3)30-22)14-21(20)29-6-2/h10,12,14-15,17H,5-9,11,13,16H2,1-4H3,(H2,24,26,27). The number of benzene rings is 1. The van der Waals surface area contributed by atoms with Crippen LogP contribution in [0.1, 0.15) is 50.6 Å². The molecule has 3 rings (SSSR count). The van der Waals surface area contributed by atoms with Gasteiger partial charge in [0, 0.05) is 49.6 Å². The molecule has 7 nitrogen and oxygen atoms in total. The van der Waals surface area contributed by atoms with Gasteiger partial charge in [-0.15, -0.1) is 0 Å². The quantitative estimate of drug-likeness (QED) is 0.355. The topological polar surface area (TPSA) is 72.7 Å². The van der Waals surface area contributed by atoms with Crippen molar-refractivity contribution in [3.05, 3.63) is 41.5 Å². The third-order valence-electron chi connectivity index (χ3n) is 5.17. The lowest BCUT2D eigenvalue weighted by atomic mass is 10.1. The summed E-state index contributed by atoms with van der Waals surface area (Å²) >= 11 is 0. The Morgan fingerprint density at radius 3 is 2.90 bits per heavy atom. The molecule has 1 aliphatic rings. The molecule has 1 atom stereocenters. The molecule has 2 N–H and O–H groups in total. The average Bonchev–Trinajstić information content (AvgIpc) is 3.29. The van der Waals surface area contributed by atoms with Gasteiger partial charge in [-0.1, -0.05) is 0 Å². The minimum absolute atomic E-state index is 0.221. The van der Waals surface area contributed by atoms with E-state index < -0.39 is 0 Å². The molecule has 0 radical (unpaired) electrons. The number of aromatic nitrogens is 2. The minimum Gasteiger partial charge on any atom is -0.494 e. The molecule has 0 saturated heterocycles. The van der Waals surface area contributed by atoms with Crippen molar-refractivity contribution in [2.45, 2.75) is 66.2 Å². The summed E-state index contributed by atoms with van der Waals surface area (Å²) in [4.78, 5) is 9.04. The van der Waals surface area contributed by atoms with Gasteiger partial charge in [-0.25, -0.2) is 9.98 Å². The first-order valence-electron chi connectivity index (χ1n) is 11.1. The van der Waals surface area contributed by atoms with Gasteiger partial charge in [0.2, 0.25) is 0 Å². The molecular weight excluding hydrogens is 378 g/mol. The summed E-state index contributed by atoms with van der Waals surface area (Å²) in [6.07, 6.45) is 7.20. The summed E-state index contributed by atoms with van der Waals surface area (Å²) in [5.74, 6) is 3.76. The molecule has 0 fully saturated rings. The molecule has 0 amide bonds. The van der Waals surface area contributed by atoms with E-state index >= 15 is 0 Å². The van der Waals surface area contributed by atoms with E-state index in [9.17, 15) is 0 Å². The Bertz CT molecular complexity index is 846. The number of rotatable bonds is 10.